The topological polar surface area (TPSA) is 23.5 Å². The van der Waals surface area contributed by atoms with Crippen molar-refractivity contribution in [2.24, 2.45) is 0 Å². The summed E-state index contributed by atoms with van der Waals surface area (Å²) in [6.45, 7) is 10.8. The van der Waals surface area contributed by atoms with Gasteiger partial charge < -0.3 is 5.11 Å². The number of benzene rings is 1. The van der Waals surface area contributed by atoms with Gasteiger partial charge in [-0.3, -0.25) is 4.90 Å². The Labute approximate surface area is 117 Å². The molecule has 0 amide bonds. The maximum atomic E-state index is 10.4. The van der Waals surface area contributed by atoms with Crippen molar-refractivity contribution in [1.82, 2.24) is 4.90 Å². The molecule has 0 aromatic heterocycles. The minimum atomic E-state index is -0.366. The standard InChI is InChI=1S/C17H27NO/c1-13-6-5-11-18(13)12-16(19)14-7-9-15(10-8-14)17(2,3)4/h7-10,13,16,19H,5-6,11-12H2,1-4H3. The van der Waals surface area contributed by atoms with Gasteiger partial charge >= 0.3 is 0 Å². The first-order valence-electron chi connectivity index (χ1n) is 7.40. The molecule has 0 radical (unpaired) electrons. The van der Waals surface area contributed by atoms with Crippen molar-refractivity contribution in [2.75, 3.05) is 13.1 Å². The number of likely N-dealkylation sites (tertiary alicyclic amines) is 1. The SMILES string of the molecule is CC1CCCN1CC(O)c1ccc(C(C)(C)C)cc1. The van der Waals surface area contributed by atoms with Crippen molar-refractivity contribution in [2.45, 2.75) is 58.1 Å². The van der Waals surface area contributed by atoms with Crippen LogP contribution in [0.25, 0.3) is 0 Å². The van der Waals surface area contributed by atoms with Gasteiger partial charge in [-0.25, -0.2) is 0 Å². The van der Waals surface area contributed by atoms with Crippen LogP contribution in [0.1, 0.15) is 57.8 Å². The second kappa shape index (κ2) is 5.64. The molecule has 1 saturated heterocycles. The molecular weight excluding hydrogens is 234 g/mol. The van der Waals surface area contributed by atoms with Crippen LogP contribution in [0.2, 0.25) is 0 Å². The van der Waals surface area contributed by atoms with Gasteiger partial charge in [-0.2, -0.15) is 0 Å². The van der Waals surface area contributed by atoms with Crippen LogP contribution in [0, 0.1) is 0 Å². The van der Waals surface area contributed by atoms with Crippen LogP contribution in [-0.2, 0) is 5.41 Å². The molecule has 0 saturated carbocycles. The van der Waals surface area contributed by atoms with Crippen LogP contribution in [0.5, 0.6) is 0 Å². The predicted molar refractivity (Wildman–Crippen MR) is 80.4 cm³/mol. The third-order valence-electron chi connectivity index (χ3n) is 4.26. The van der Waals surface area contributed by atoms with Crippen LogP contribution in [0.4, 0.5) is 0 Å². The fourth-order valence-corrected chi connectivity index (χ4v) is 2.80. The van der Waals surface area contributed by atoms with Crippen molar-refractivity contribution in [3.63, 3.8) is 0 Å². The van der Waals surface area contributed by atoms with E-state index in [0.29, 0.717) is 6.04 Å². The molecule has 2 nitrogen and oxygen atoms in total. The third-order valence-corrected chi connectivity index (χ3v) is 4.26. The molecule has 0 spiro atoms. The summed E-state index contributed by atoms with van der Waals surface area (Å²) in [4.78, 5) is 2.39. The molecule has 1 aliphatic heterocycles. The molecule has 1 heterocycles. The Morgan fingerprint density at radius 3 is 2.37 bits per heavy atom. The molecular formula is C17H27NO. The molecule has 1 N–H and O–H groups in total. The smallest absolute Gasteiger partial charge is 0.0917 e. The van der Waals surface area contributed by atoms with Crippen LogP contribution in [0.3, 0.4) is 0 Å². The van der Waals surface area contributed by atoms with E-state index in [1.165, 1.54) is 18.4 Å². The number of rotatable bonds is 3. The van der Waals surface area contributed by atoms with E-state index in [1.54, 1.807) is 0 Å². The van der Waals surface area contributed by atoms with Crippen LogP contribution < -0.4 is 0 Å². The first-order valence-corrected chi connectivity index (χ1v) is 7.40. The number of β-amino-alcohol motifs (C(OH)–C–C–N with tert-alkyl or cyclic N) is 1. The highest BCUT2D eigenvalue weighted by molar-refractivity contribution is 5.28. The molecule has 1 aliphatic rings. The molecule has 1 fully saturated rings. The maximum Gasteiger partial charge on any atom is 0.0917 e. The van der Waals surface area contributed by atoms with Crippen LogP contribution >= 0.6 is 0 Å². The van der Waals surface area contributed by atoms with Gasteiger partial charge in [-0.15, -0.1) is 0 Å². The summed E-state index contributed by atoms with van der Waals surface area (Å²) in [5.41, 5.74) is 2.53. The predicted octanol–water partition coefficient (Wildman–Crippen LogP) is 3.50. The van der Waals surface area contributed by atoms with Crippen molar-refractivity contribution in [1.29, 1.82) is 0 Å². The summed E-state index contributed by atoms with van der Waals surface area (Å²) in [6, 6.07) is 9.05. The van der Waals surface area contributed by atoms with Crippen LogP contribution in [0.15, 0.2) is 24.3 Å². The van der Waals surface area contributed by atoms with Gasteiger partial charge in [0.15, 0.2) is 0 Å². The Balaban J connectivity index is 2.01. The highest BCUT2D eigenvalue weighted by Gasteiger charge is 2.23. The van der Waals surface area contributed by atoms with E-state index in [1.807, 2.05) is 0 Å². The zero-order chi connectivity index (χ0) is 14.0. The summed E-state index contributed by atoms with van der Waals surface area (Å²) in [5, 5.41) is 10.4. The first-order chi connectivity index (χ1) is 8.88. The fourth-order valence-electron chi connectivity index (χ4n) is 2.80. The number of aliphatic hydroxyl groups is 1. The Hall–Kier alpha value is -0.860. The molecule has 0 bridgehead atoms. The van der Waals surface area contributed by atoms with Crippen LogP contribution in [-0.4, -0.2) is 29.1 Å². The lowest BCUT2D eigenvalue weighted by molar-refractivity contribution is 0.110. The quantitative estimate of drug-likeness (QED) is 0.900. The largest absolute Gasteiger partial charge is 0.387 e. The summed E-state index contributed by atoms with van der Waals surface area (Å²) >= 11 is 0. The van der Waals surface area contributed by atoms with Crippen molar-refractivity contribution in [3.8, 4) is 0 Å². The lowest BCUT2D eigenvalue weighted by atomic mass is 9.86. The van der Waals surface area contributed by atoms with Gasteiger partial charge in [0.1, 0.15) is 0 Å². The Bertz CT molecular complexity index is 404. The number of hydrogen-bond donors (Lipinski definition) is 1. The zero-order valence-corrected chi connectivity index (χ0v) is 12.7. The lowest BCUT2D eigenvalue weighted by Crippen LogP contribution is -2.31. The lowest BCUT2D eigenvalue weighted by Gasteiger charge is -2.25. The molecule has 1 aromatic carbocycles. The van der Waals surface area contributed by atoms with E-state index in [4.69, 9.17) is 0 Å². The maximum absolute atomic E-state index is 10.4. The van der Waals surface area contributed by atoms with Crippen molar-refractivity contribution < 1.29 is 5.11 Å². The molecule has 19 heavy (non-hydrogen) atoms. The van der Waals surface area contributed by atoms with E-state index in [2.05, 4.69) is 56.9 Å². The van der Waals surface area contributed by atoms with Gasteiger partial charge in [0, 0.05) is 12.6 Å². The number of nitrogens with zero attached hydrogens (tertiary/aromatic N) is 1. The summed E-state index contributed by atoms with van der Waals surface area (Å²) in [6.07, 6.45) is 2.15. The summed E-state index contributed by atoms with van der Waals surface area (Å²) in [7, 11) is 0. The Morgan fingerprint density at radius 1 is 1.26 bits per heavy atom. The molecule has 2 atom stereocenters. The van der Waals surface area contributed by atoms with Gasteiger partial charge in [0.2, 0.25) is 0 Å². The third kappa shape index (κ3) is 3.58. The minimum Gasteiger partial charge on any atom is -0.387 e. The van der Waals surface area contributed by atoms with E-state index in [9.17, 15) is 5.11 Å². The molecule has 1 aromatic rings. The number of hydrogen-bond acceptors (Lipinski definition) is 2. The van der Waals surface area contributed by atoms with E-state index < -0.39 is 0 Å². The van der Waals surface area contributed by atoms with Gasteiger partial charge in [0.05, 0.1) is 6.10 Å². The van der Waals surface area contributed by atoms with Crippen molar-refractivity contribution in [3.05, 3.63) is 35.4 Å². The highest BCUT2D eigenvalue weighted by atomic mass is 16.3. The molecule has 0 aliphatic carbocycles. The Kier molecular flexibility index (Phi) is 4.32. The monoisotopic (exact) mass is 261 g/mol. The molecule has 2 heteroatoms. The minimum absolute atomic E-state index is 0.174. The second-order valence-corrected chi connectivity index (χ2v) is 6.87. The molecule has 2 rings (SSSR count). The van der Waals surface area contributed by atoms with Gasteiger partial charge in [-0.05, 0) is 42.9 Å². The summed E-state index contributed by atoms with van der Waals surface area (Å²) in [5.74, 6) is 0. The number of aliphatic hydroxyl groups excluding tert-OH is 1. The average Bonchev–Trinajstić information content (AvgIpc) is 2.74. The average molecular weight is 261 g/mol. The van der Waals surface area contributed by atoms with E-state index >= 15 is 0 Å². The Morgan fingerprint density at radius 2 is 1.89 bits per heavy atom. The first kappa shape index (κ1) is 14.5. The fraction of sp³-hybridized carbons (Fsp3) is 0.647. The van der Waals surface area contributed by atoms with Crippen molar-refractivity contribution >= 4 is 0 Å². The molecule has 2 unspecified atom stereocenters. The summed E-state index contributed by atoms with van der Waals surface area (Å²) < 4.78 is 0. The zero-order valence-electron chi connectivity index (χ0n) is 12.7. The normalized spacial score (nSPS) is 22.7. The van der Waals surface area contributed by atoms with E-state index in [0.717, 1.165) is 18.7 Å². The highest BCUT2D eigenvalue weighted by Crippen LogP contribution is 2.25. The molecule has 106 valence electrons. The van der Waals surface area contributed by atoms with Gasteiger partial charge in [-0.1, -0.05) is 45.0 Å². The van der Waals surface area contributed by atoms with E-state index in [-0.39, 0.29) is 11.5 Å². The second-order valence-electron chi connectivity index (χ2n) is 6.87. The van der Waals surface area contributed by atoms with Gasteiger partial charge in [0.25, 0.3) is 0 Å².